The molecule has 0 atom stereocenters. The first-order valence-electron chi connectivity index (χ1n) is 9.50. The van der Waals surface area contributed by atoms with E-state index in [4.69, 9.17) is 14.6 Å². The van der Waals surface area contributed by atoms with Crippen LogP contribution in [0.15, 0.2) is 30.5 Å². The summed E-state index contributed by atoms with van der Waals surface area (Å²) in [6, 6.07) is 5.82. The number of nitrogens with zero attached hydrogens (tertiary/aromatic N) is 1. The number of benzene rings is 1. The van der Waals surface area contributed by atoms with Gasteiger partial charge in [0, 0.05) is 18.2 Å². The zero-order valence-corrected chi connectivity index (χ0v) is 15.5. The van der Waals surface area contributed by atoms with Gasteiger partial charge in [0.1, 0.15) is 6.10 Å². The third kappa shape index (κ3) is 5.18. The van der Waals surface area contributed by atoms with E-state index in [0.717, 1.165) is 25.7 Å². The minimum atomic E-state index is -0.909. The Morgan fingerprint density at radius 3 is 2.57 bits per heavy atom. The number of carbonyl (C=O) groups is 1. The van der Waals surface area contributed by atoms with Crippen LogP contribution in [0.4, 0.5) is 8.78 Å². The second-order valence-corrected chi connectivity index (χ2v) is 6.85. The lowest BCUT2D eigenvalue weighted by molar-refractivity contribution is -0.137. The van der Waals surface area contributed by atoms with Crippen molar-refractivity contribution in [1.29, 1.82) is 0 Å². The normalized spacial score (nSPS) is 14.2. The van der Waals surface area contributed by atoms with Gasteiger partial charge in [0.2, 0.25) is 5.88 Å². The number of hydrogen-bond donors (Lipinski definition) is 1. The summed E-state index contributed by atoms with van der Waals surface area (Å²) in [6.07, 6.45) is 6.57. The first kappa shape index (κ1) is 20.0. The molecule has 2 aromatic rings. The molecule has 0 bridgehead atoms. The molecular weight excluding hydrogens is 368 g/mol. The monoisotopic (exact) mass is 391 g/mol. The minimum absolute atomic E-state index is 0.00194. The van der Waals surface area contributed by atoms with Gasteiger partial charge in [-0.2, -0.15) is 0 Å². The van der Waals surface area contributed by atoms with Crippen LogP contribution in [0.3, 0.4) is 0 Å². The molecular formula is C21H23F2NO4. The highest BCUT2D eigenvalue weighted by atomic mass is 19.1. The zero-order chi connectivity index (χ0) is 19.9. The minimum Gasteiger partial charge on any atom is -0.488 e. The standard InChI is InChI=1S/C21H23F2NO4/c22-17-12-14(13-18(23)20(17)27-11-4-3-9-19(25)26)16-8-5-10-24-21(16)28-15-6-1-2-7-15/h5,8,10,12-13,15H,1-4,6-7,9,11H2,(H,25,26). The predicted molar refractivity (Wildman–Crippen MR) is 99.5 cm³/mol. The summed E-state index contributed by atoms with van der Waals surface area (Å²) < 4.78 is 40.0. The molecule has 1 aromatic heterocycles. The highest BCUT2D eigenvalue weighted by Gasteiger charge is 2.21. The van der Waals surface area contributed by atoms with Crippen LogP contribution in [0.2, 0.25) is 0 Å². The van der Waals surface area contributed by atoms with Crippen LogP contribution >= 0.6 is 0 Å². The maximum Gasteiger partial charge on any atom is 0.303 e. The Hall–Kier alpha value is -2.70. The first-order chi connectivity index (χ1) is 13.5. The molecule has 150 valence electrons. The molecule has 0 spiro atoms. The van der Waals surface area contributed by atoms with Gasteiger partial charge in [-0.1, -0.05) is 0 Å². The summed E-state index contributed by atoms with van der Waals surface area (Å²) in [5.41, 5.74) is 0.856. The van der Waals surface area contributed by atoms with Crippen molar-refractivity contribution < 1.29 is 28.2 Å². The molecule has 0 amide bonds. The van der Waals surface area contributed by atoms with Crippen LogP contribution in [-0.2, 0) is 4.79 Å². The summed E-state index contributed by atoms with van der Waals surface area (Å²) in [5.74, 6) is -2.63. The Morgan fingerprint density at radius 2 is 1.89 bits per heavy atom. The number of ether oxygens (including phenoxy) is 2. The van der Waals surface area contributed by atoms with Gasteiger partial charge in [0.05, 0.1) is 6.61 Å². The highest BCUT2D eigenvalue weighted by molar-refractivity contribution is 5.69. The van der Waals surface area contributed by atoms with Gasteiger partial charge < -0.3 is 14.6 Å². The maximum atomic E-state index is 14.5. The lowest BCUT2D eigenvalue weighted by Crippen LogP contribution is -2.12. The van der Waals surface area contributed by atoms with Crippen molar-refractivity contribution in [3.63, 3.8) is 0 Å². The highest BCUT2D eigenvalue weighted by Crippen LogP contribution is 2.34. The van der Waals surface area contributed by atoms with E-state index in [-0.39, 0.29) is 19.1 Å². The quantitative estimate of drug-likeness (QED) is 0.611. The third-order valence-electron chi connectivity index (χ3n) is 4.69. The van der Waals surface area contributed by atoms with Gasteiger partial charge in [-0.05, 0) is 68.4 Å². The van der Waals surface area contributed by atoms with Crippen molar-refractivity contribution in [3.8, 4) is 22.8 Å². The molecule has 0 radical (unpaired) electrons. The predicted octanol–water partition coefficient (Wildman–Crippen LogP) is 4.98. The van der Waals surface area contributed by atoms with Crippen molar-refractivity contribution in [2.24, 2.45) is 0 Å². The van der Waals surface area contributed by atoms with E-state index in [2.05, 4.69) is 4.98 Å². The SMILES string of the molecule is O=C(O)CCCCOc1c(F)cc(-c2cccnc2OC2CCCC2)cc1F. The van der Waals surface area contributed by atoms with Crippen molar-refractivity contribution in [3.05, 3.63) is 42.1 Å². The Bertz CT molecular complexity index is 799. The van der Waals surface area contributed by atoms with Crippen LogP contribution in [0.25, 0.3) is 11.1 Å². The van der Waals surface area contributed by atoms with Gasteiger partial charge in [-0.3, -0.25) is 4.79 Å². The molecule has 0 aliphatic heterocycles. The first-order valence-corrected chi connectivity index (χ1v) is 9.50. The lowest BCUT2D eigenvalue weighted by atomic mass is 10.1. The molecule has 28 heavy (non-hydrogen) atoms. The second kappa shape index (κ2) is 9.48. The number of aromatic nitrogens is 1. The van der Waals surface area contributed by atoms with Crippen molar-refractivity contribution in [1.82, 2.24) is 4.98 Å². The van der Waals surface area contributed by atoms with Gasteiger partial charge in [0.25, 0.3) is 0 Å². The van der Waals surface area contributed by atoms with E-state index in [1.165, 1.54) is 12.1 Å². The van der Waals surface area contributed by atoms with Gasteiger partial charge in [-0.15, -0.1) is 0 Å². The number of rotatable bonds is 9. The average molecular weight is 391 g/mol. The van der Waals surface area contributed by atoms with Gasteiger partial charge in [0.15, 0.2) is 17.4 Å². The molecule has 1 fully saturated rings. The summed E-state index contributed by atoms with van der Waals surface area (Å²) in [7, 11) is 0. The number of carboxylic acid groups (broad SMARTS) is 1. The lowest BCUT2D eigenvalue weighted by Gasteiger charge is -2.16. The topological polar surface area (TPSA) is 68.7 Å². The number of pyridine rings is 1. The Kier molecular flexibility index (Phi) is 6.79. The Morgan fingerprint density at radius 1 is 1.18 bits per heavy atom. The fourth-order valence-corrected chi connectivity index (χ4v) is 3.27. The number of hydrogen-bond acceptors (Lipinski definition) is 4. The van der Waals surface area contributed by atoms with Crippen molar-refractivity contribution >= 4 is 5.97 Å². The van der Waals surface area contributed by atoms with E-state index in [9.17, 15) is 13.6 Å². The van der Waals surface area contributed by atoms with E-state index >= 15 is 0 Å². The Labute approximate surface area is 162 Å². The van der Waals surface area contributed by atoms with Crippen LogP contribution < -0.4 is 9.47 Å². The second-order valence-electron chi connectivity index (χ2n) is 6.85. The van der Waals surface area contributed by atoms with Gasteiger partial charge in [-0.25, -0.2) is 13.8 Å². The largest absolute Gasteiger partial charge is 0.488 e. The molecule has 0 unspecified atom stereocenters. The Balaban J connectivity index is 1.72. The maximum absolute atomic E-state index is 14.5. The third-order valence-corrected chi connectivity index (χ3v) is 4.69. The van der Waals surface area contributed by atoms with E-state index in [0.29, 0.717) is 29.8 Å². The van der Waals surface area contributed by atoms with Crippen LogP contribution in [-0.4, -0.2) is 28.8 Å². The molecule has 3 rings (SSSR count). The van der Waals surface area contributed by atoms with Crippen molar-refractivity contribution in [2.45, 2.75) is 51.0 Å². The van der Waals surface area contributed by atoms with Gasteiger partial charge >= 0.3 is 5.97 Å². The summed E-state index contributed by atoms with van der Waals surface area (Å²) in [5, 5.41) is 8.59. The molecule has 1 aliphatic rings. The molecule has 1 saturated carbocycles. The molecule has 1 aliphatic carbocycles. The zero-order valence-electron chi connectivity index (χ0n) is 15.5. The molecule has 5 nitrogen and oxygen atoms in total. The fraction of sp³-hybridized carbons (Fsp3) is 0.429. The summed E-state index contributed by atoms with van der Waals surface area (Å²) in [6.45, 7) is 0.0450. The van der Waals surface area contributed by atoms with Crippen LogP contribution in [0.5, 0.6) is 11.6 Å². The number of halogens is 2. The molecule has 0 saturated heterocycles. The smallest absolute Gasteiger partial charge is 0.303 e. The molecule has 1 N–H and O–H groups in total. The number of unbranched alkanes of at least 4 members (excludes halogenated alkanes) is 1. The van der Waals surface area contributed by atoms with E-state index in [1.54, 1.807) is 18.3 Å². The molecule has 1 aromatic carbocycles. The molecule has 1 heterocycles. The summed E-state index contributed by atoms with van der Waals surface area (Å²) >= 11 is 0. The number of carboxylic acids is 1. The van der Waals surface area contributed by atoms with Crippen LogP contribution in [0.1, 0.15) is 44.9 Å². The fourth-order valence-electron chi connectivity index (χ4n) is 3.27. The van der Waals surface area contributed by atoms with Crippen LogP contribution in [0, 0.1) is 11.6 Å². The van der Waals surface area contributed by atoms with E-state index < -0.39 is 23.4 Å². The number of aliphatic carboxylic acids is 1. The van der Waals surface area contributed by atoms with E-state index in [1.807, 2.05) is 0 Å². The average Bonchev–Trinajstić information content (AvgIpc) is 3.16. The summed E-state index contributed by atoms with van der Waals surface area (Å²) in [4.78, 5) is 14.7. The van der Waals surface area contributed by atoms with Crippen molar-refractivity contribution in [2.75, 3.05) is 6.61 Å². The molecule has 7 heteroatoms.